The molecule has 5 nitrogen and oxygen atoms in total. The van der Waals surface area contributed by atoms with Crippen LogP contribution in [-0.4, -0.2) is 27.5 Å². The van der Waals surface area contributed by atoms with E-state index in [1.807, 2.05) is 0 Å². The number of benzene rings is 1. The van der Waals surface area contributed by atoms with E-state index < -0.39 is 5.97 Å². The van der Waals surface area contributed by atoms with Crippen LogP contribution in [0.2, 0.25) is 0 Å². The summed E-state index contributed by atoms with van der Waals surface area (Å²) in [5.41, 5.74) is 0.856. The maximum atomic E-state index is 11.3. The molecule has 0 bridgehead atoms. The van der Waals surface area contributed by atoms with E-state index in [9.17, 15) is 9.90 Å². The Labute approximate surface area is 111 Å². The van der Waals surface area contributed by atoms with Crippen LogP contribution in [0.25, 0.3) is 5.69 Å². The van der Waals surface area contributed by atoms with E-state index in [0.717, 1.165) is 12.8 Å². The molecule has 100 valence electrons. The molecule has 2 aromatic rings. The van der Waals surface area contributed by atoms with Gasteiger partial charge < -0.3 is 9.84 Å². The molecule has 0 amide bonds. The van der Waals surface area contributed by atoms with Gasteiger partial charge in [0.15, 0.2) is 0 Å². The summed E-state index contributed by atoms with van der Waals surface area (Å²) in [5.74, 6) is -0.600. The number of rotatable bonds is 6. The summed E-state index contributed by atoms with van der Waals surface area (Å²) < 4.78 is 7.11. The molecule has 0 atom stereocenters. The van der Waals surface area contributed by atoms with Crippen molar-refractivity contribution < 1.29 is 14.6 Å². The Hall–Kier alpha value is -2.30. The van der Waals surface area contributed by atoms with E-state index in [4.69, 9.17) is 4.74 Å². The minimum Gasteiger partial charge on any atom is -0.493 e. The van der Waals surface area contributed by atoms with E-state index in [1.54, 1.807) is 41.3 Å². The molecule has 0 aliphatic rings. The summed E-state index contributed by atoms with van der Waals surface area (Å²) in [7, 11) is 0. The molecule has 5 heteroatoms. The third-order valence-electron chi connectivity index (χ3n) is 2.72. The molecule has 1 aromatic carbocycles. The van der Waals surface area contributed by atoms with E-state index in [-0.39, 0.29) is 5.56 Å². The van der Waals surface area contributed by atoms with E-state index >= 15 is 0 Å². The highest BCUT2D eigenvalue weighted by molar-refractivity contribution is 5.91. The first-order valence-corrected chi connectivity index (χ1v) is 6.22. The fraction of sp³-hybridized carbons (Fsp3) is 0.286. The Bertz CT molecular complexity index is 550. The molecule has 2 rings (SSSR count). The SMILES string of the molecule is CCCCOc1ccc(-n2cccn2)cc1C(=O)O. The Morgan fingerprint density at radius 1 is 1.47 bits per heavy atom. The van der Waals surface area contributed by atoms with E-state index in [1.165, 1.54) is 0 Å². The molecule has 1 heterocycles. The van der Waals surface area contributed by atoms with Gasteiger partial charge in [-0.25, -0.2) is 9.48 Å². The normalized spacial score (nSPS) is 10.4. The van der Waals surface area contributed by atoms with Gasteiger partial charge in [-0.3, -0.25) is 0 Å². The number of unbranched alkanes of at least 4 members (excludes halogenated alkanes) is 1. The number of hydrogen-bond donors (Lipinski definition) is 1. The van der Waals surface area contributed by atoms with Crippen LogP contribution in [0.15, 0.2) is 36.7 Å². The summed E-state index contributed by atoms with van der Waals surface area (Å²) in [6.45, 7) is 2.58. The lowest BCUT2D eigenvalue weighted by molar-refractivity contribution is 0.0692. The number of carboxylic acid groups (broad SMARTS) is 1. The van der Waals surface area contributed by atoms with Gasteiger partial charge in [0.05, 0.1) is 12.3 Å². The van der Waals surface area contributed by atoms with Crippen molar-refractivity contribution in [3.63, 3.8) is 0 Å². The highest BCUT2D eigenvalue weighted by Gasteiger charge is 2.13. The molecule has 1 N–H and O–H groups in total. The third-order valence-corrected chi connectivity index (χ3v) is 2.72. The Morgan fingerprint density at radius 3 is 2.95 bits per heavy atom. The number of aromatic carboxylic acids is 1. The van der Waals surface area contributed by atoms with Gasteiger partial charge >= 0.3 is 5.97 Å². The standard InChI is InChI=1S/C14H16N2O3/c1-2-3-9-19-13-6-5-11(10-12(13)14(17)18)16-8-4-7-15-16/h4-8,10H,2-3,9H2,1H3,(H,17,18). The number of aromatic nitrogens is 2. The monoisotopic (exact) mass is 260 g/mol. The number of nitrogens with zero attached hydrogens (tertiary/aromatic N) is 2. The molecule has 1 aromatic heterocycles. The van der Waals surface area contributed by atoms with E-state index in [2.05, 4.69) is 12.0 Å². The predicted octanol–water partition coefficient (Wildman–Crippen LogP) is 2.75. The minimum absolute atomic E-state index is 0.157. The lowest BCUT2D eigenvalue weighted by atomic mass is 10.1. The second-order valence-corrected chi connectivity index (χ2v) is 4.14. The number of hydrogen-bond acceptors (Lipinski definition) is 3. The lowest BCUT2D eigenvalue weighted by Gasteiger charge is -2.10. The summed E-state index contributed by atoms with van der Waals surface area (Å²) in [5, 5.41) is 13.3. The second-order valence-electron chi connectivity index (χ2n) is 4.14. The summed E-state index contributed by atoms with van der Waals surface area (Å²) in [6, 6.07) is 6.82. The van der Waals surface area contributed by atoms with Gasteiger partial charge in [-0.15, -0.1) is 0 Å². The Kier molecular flexibility index (Phi) is 4.18. The molecule has 0 saturated heterocycles. The predicted molar refractivity (Wildman–Crippen MR) is 70.9 cm³/mol. The number of ether oxygens (including phenoxy) is 1. The van der Waals surface area contributed by atoms with Gasteiger partial charge in [-0.2, -0.15) is 5.10 Å². The van der Waals surface area contributed by atoms with Crippen molar-refractivity contribution in [1.82, 2.24) is 9.78 Å². The molecule has 0 saturated carbocycles. The highest BCUT2D eigenvalue weighted by Crippen LogP contribution is 2.22. The van der Waals surface area contributed by atoms with E-state index in [0.29, 0.717) is 18.0 Å². The topological polar surface area (TPSA) is 64.4 Å². The van der Waals surface area contributed by atoms with Gasteiger partial charge in [0.1, 0.15) is 11.3 Å². The van der Waals surface area contributed by atoms with Crippen molar-refractivity contribution in [2.75, 3.05) is 6.61 Å². The van der Waals surface area contributed by atoms with Crippen LogP contribution in [0.1, 0.15) is 30.1 Å². The van der Waals surface area contributed by atoms with Crippen molar-refractivity contribution in [2.24, 2.45) is 0 Å². The molecule has 19 heavy (non-hydrogen) atoms. The average molecular weight is 260 g/mol. The van der Waals surface area contributed by atoms with Gasteiger partial charge in [-0.05, 0) is 30.7 Å². The summed E-state index contributed by atoms with van der Waals surface area (Å²) in [6.07, 6.45) is 5.32. The average Bonchev–Trinajstić information content (AvgIpc) is 2.93. The molecule has 0 unspecified atom stereocenters. The third kappa shape index (κ3) is 3.13. The van der Waals surface area contributed by atoms with Crippen molar-refractivity contribution in [1.29, 1.82) is 0 Å². The first kappa shape index (κ1) is 13.1. The Morgan fingerprint density at radius 2 is 2.32 bits per heavy atom. The van der Waals surface area contributed by atoms with Crippen LogP contribution in [-0.2, 0) is 0 Å². The highest BCUT2D eigenvalue weighted by atomic mass is 16.5. The quantitative estimate of drug-likeness (QED) is 0.811. The molecular formula is C14H16N2O3. The van der Waals surface area contributed by atoms with Gasteiger partial charge in [-0.1, -0.05) is 13.3 Å². The Balaban J connectivity index is 2.28. The van der Waals surface area contributed by atoms with Crippen molar-refractivity contribution in [2.45, 2.75) is 19.8 Å². The fourth-order valence-corrected chi connectivity index (χ4v) is 1.70. The van der Waals surface area contributed by atoms with Gasteiger partial charge in [0.2, 0.25) is 0 Å². The van der Waals surface area contributed by atoms with Crippen LogP contribution in [0, 0.1) is 0 Å². The molecule has 0 radical (unpaired) electrons. The van der Waals surface area contributed by atoms with Crippen LogP contribution in [0.3, 0.4) is 0 Å². The first-order valence-electron chi connectivity index (χ1n) is 6.22. The first-order chi connectivity index (χ1) is 9.22. The van der Waals surface area contributed by atoms with Crippen molar-refractivity contribution in [3.05, 3.63) is 42.2 Å². The number of carbonyl (C=O) groups is 1. The largest absolute Gasteiger partial charge is 0.493 e. The second kappa shape index (κ2) is 6.04. The molecular weight excluding hydrogens is 244 g/mol. The molecule has 0 spiro atoms. The zero-order chi connectivity index (χ0) is 13.7. The van der Waals surface area contributed by atoms with Crippen LogP contribution in [0.5, 0.6) is 5.75 Å². The van der Waals surface area contributed by atoms with Crippen LogP contribution < -0.4 is 4.74 Å². The molecule has 0 aliphatic carbocycles. The van der Waals surface area contributed by atoms with Crippen LogP contribution in [0.4, 0.5) is 0 Å². The van der Waals surface area contributed by atoms with Crippen LogP contribution >= 0.6 is 0 Å². The fourth-order valence-electron chi connectivity index (χ4n) is 1.70. The van der Waals surface area contributed by atoms with Gasteiger partial charge in [0.25, 0.3) is 0 Å². The lowest BCUT2D eigenvalue weighted by Crippen LogP contribution is -2.06. The minimum atomic E-state index is -1.000. The number of carboxylic acids is 1. The molecule has 0 fully saturated rings. The molecule has 0 aliphatic heterocycles. The smallest absolute Gasteiger partial charge is 0.339 e. The van der Waals surface area contributed by atoms with Gasteiger partial charge in [0, 0.05) is 12.4 Å². The zero-order valence-electron chi connectivity index (χ0n) is 10.7. The summed E-state index contributed by atoms with van der Waals surface area (Å²) in [4.78, 5) is 11.3. The maximum Gasteiger partial charge on any atom is 0.339 e. The van der Waals surface area contributed by atoms with Crippen molar-refractivity contribution in [3.8, 4) is 11.4 Å². The van der Waals surface area contributed by atoms with Crippen molar-refractivity contribution >= 4 is 5.97 Å². The maximum absolute atomic E-state index is 11.3. The summed E-state index contributed by atoms with van der Waals surface area (Å²) >= 11 is 0. The zero-order valence-corrected chi connectivity index (χ0v) is 10.7.